The van der Waals surface area contributed by atoms with Crippen molar-refractivity contribution >= 4 is 23.2 Å². The van der Waals surface area contributed by atoms with E-state index in [1.54, 1.807) is 0 Å². The van der Waals surface area contributed by atoms with Crippen molar-refractivity contribution in [3.63, 3.8) is 0 Å². The van der Waals surface area contributed by atoms with Crippen LogP contribution in [0.25, 0.3) is 0 Å². The zero-order valence-corrected chi connectivity index (χ0v) is 14.7. The van der Waals surface area contributed by atoms with E-state index >= 15 is 0 Å². The Bertz CT molecular complexity index is 839. The molecule has 0 saturated carbocycles. The maximum Gasteiger partial charge on any atom is 0.437 e. The number of amides is 2. The molecule has 2 heterocycles. The second-order valence-corrected chi connectivity index (χ2v) is 6.88. The van der Waals surface area contributed by atoms with E-state index in [0.717, 1.165) is 11.3 Å². The van der Waals surface area contributed by atoms with Gasteiger partial charge in [-0.25, -0.2) is 4.79 Å². The van der Waals surface area contributed by atoms with E-state index in [2.05, 4.69) is 5.32 Å². The van der Waals surface area contributed by atoms with Crippen LogP contribution < -0.4 is 15.4 Å². The van der Waals surface area contributed by atoms with Crippen molar-refractivity contribution in [2.45, 2.75) is 17.9 Å². The zero-order chi connectivity index (χ0) is 19.8. The number of alkyl halides is 3. The van der Waals surface area contributed by atoms with Gasteiger partial charge in [0.05, 0.1) is 18.0 Å². The molecule has 1 aliphatic heterocycles. The van der Waals surface area contributed by atoms with Gasteiger partial charge in [0.25, 0.3) is 0 Å². The number of urea groups is 1. The number of ether oxygens (including phenoxy) is 1. The number of hydrogen-bond acceptors (Lipinski definition) is 5. The quantitative estimate of drug-likeness (QED) is 0.689. The second-order valence-electron chi connectivity index (χ2n) is 5.93. The van der Waals surface area contributed by atoms with Crippen molar-refractivity contribution in [1.82, 2.24) is 10.6 Å². The summed E-state index contributed by atoms with van der Waals surface area (Å²) in [7, 11) is 1.42. The van der Waals surface area contributed by atoms with Gasteiger partial charge in [0, 0.05) is 0 Å². The third-order valence-corrected chi connectivity index (χ3v) is 5.21. The van der Waals surface area contributed by atoms with Crippen LogP contribution in [0.5, 0.6) is 5.75 Å². The first-order valence-corrected chi connectivity index (χ1v) is 8.65. The molecule has 2 amide bonds. The summed E-state index contributed by atoms with van der Waals surface area (Å²) in [5.74, 6) is -2.51. The molecule has 2 aromatic rings. The highest BCUT2D eigenvalue weighted by atomic mass is 32.1. The summed E-state index contributed by atoms with van der Waals surface area (Å²) >= 11 is 0.952. The summed E-state index contributed by atoms with van der Waals surface area (Å²) in [6.45, 7) is 0. The standard InChI is InChI=1S/C17H15F3N2O4S/c1-26-10-6-4-9(5-7-10)13-12(14(23)11-3-2-8-27-11)16(25,17(18,19)20)22-15(24)21-13/h2-8,12-13,25H,1H3,(H2,21,22,24)/t12-,13+,16+/m0/s1. The van der Waals surface area contributed by atoms with E-state index in [-0.39, 0.29) is 10.4 Å². The van der Waals surface area contributed by atoms with Gasteiger partial charge in [0.2, 0.25) is 5.72 Å². The molecule has 3 N–H and O–H groups in total. The molecule has 1 aromatic heterocycles. The predicted octanol–water partition coefficient (Wildman–Crippen LogP) is 2.86. The van der Waals surface area contributed by atoms with Crippen molar-refractivity contribution < 1.29 is 32.6 Å². The Morgan fingerprint density at radius 3 is 2.44 bits per heavy atom. The van der Waals surface area contributed by atoms with Gasteiger partial charge in [0.1, 0.15) is 11.7 Å². The van der Waals surface area contributed by atoms with Crippen molar-refractivity contribution in [3.05, 3.63) is 52.2 Å². The highest BCUT2D eigenvalue weighted by Crippen LogP contribution is 2.44. The molecule has 3 rings (SSSR count). The first-order chi connectivity index (χ1) is 12.7. The summed E-state index contributed by atoms with van der Waals surface area (Å²) in [4.78, 5) is 24.8. The number of hydrogen-bond donors (Lipinski definition) is 3. The molecular formula is C17H15F3N2O4S. The van der Waals surface area contributed by atoms with Crippen molar-refractivity contribution in [1.29, 1.82) is 0 Å². The lowest BCUT2D eigenvalue weighted by Gasteiger charge is -2.44. The van der Waals surface area contributed by atoms with Gasteiger partial charge < -0.3 is 20.5 Å². The number of benzene rings is 1. The zero-order valence-electron chi connectivity index (χ0n) is 13.9. The van der Waals surface area contributed by atoms with Gasteiger partial charge in [-0.15, -0.1) is 11.3 Å². The Labute approximate surface area is 156 Å². The number of ketones is 1. The molecule has 0 radical (unpaired) electrons. The molecule has 1 aliphatic rings. The van der Waals surface area contributed by atoms with Crippen LogP contribution >= 0.6 is 11.3 Å². The van der Waals surface area contributed by atoms with E-state index in [0.29, 0.717) is 5.75 Å². The molecule has 6 nitrogen and oxygen atoms in total. The number of nitrogens with one attached hydrogen (secondary N) is 2. The van der Waals surface area contributed by atoms with Crippen LogP contribution in [-0.2, 0) is 0 Å². The van der Waals surface area contributed by atoms with E-state index in [9.17, 15) is 27.9 Å². The lowest BCUT2D eigenvalue weighted by Crippen LogP contribution is -2.72. The normalized spacial score (nSPS) is 25.4. The number of Topliss-reactive ketones (excluding diaryl/α,β-unsaturated/α-hetero) is 1. The third kappa shape index (κ3) is 3.37. The molecule has 0 spiro atoms. The number of rotatable bonds is 4. The number of methoxy groups -OCH3 is 1. The first-order valence-electron chi connectivity index (χ1n) is 7.77. The molecule has 3 atom stereocenters. The van der Waals surface area contributed by atoms with Gasteiger partial charge in [-0.3, -0.25) is 4.79 Å². The molecular weight excluding hydrogens is 385 g/mol. The lowest BCUT2D eigenvalue weighted by molar-refractivity contribution is -0.287. The lowest BCUT2D eigenvalue weighted by atomic mass is 9.78. The Morgan fingerprint density at radius 2 is 1.93 bits per heavy atom. The molecule has 0 aliphatic carbocycles. The Kier molecular flexibility index (Phi) is 4.87. The number of carbonyl (C=O) groups excluding carboxylic acids is 2. The van der Waals surface area contributed by atoms with Gasteiger partial charge in [-0.05, 0) is 29.1 Å². The van der Waals surface area contributed by atoms with E-state index < -0.39 is 35.7 Å². The maximum absolute atomic E-state index is 13.7. The predicted molar refractivity (Wildman–Crippen MR) is 90.5 cm³/mol. The molecule has 144 valence electrons. The third-order valence-electron chi connectivity index (χ3n) is 4.33. The molecule has 10 heteroatoms. The van der Waals surface area contributed by atoms with Gasteiger partial charge in [-0.1, -0.05) is 18.2 Å². The van der Waals surface area contributed by atoms with E-state index in [1.165, 1.54) is 54.2 Å². The highest BCUT2D eigenvalue weighted by Gasteiger charge is 2.66. The van der Waals surface area contributed by atoms with Gasteiger partial charge >= 0.3 is 12.2 Å². The molecule has 1 saturated heterocycles. The highest BCUT2D eigenvalue weighted by molar-refractivity contribution is 7.12. The summed E-state index contributed by atoms with van der Waals surface area (Å²) < 4.78 is 46.1. The van der Waals surface area contributed by atoms with Crippen LogP contribution in [0.3, 0.4) is 0 Å². The monoisotopic (exact) mass is 400 g/mol. The van der Waals surface area contributed by atoms with Crippen LogP contribution in [0.2, 0.25) is 0 Å². The SMILES string of the molecule is COc1ccc([C@H]2NC(=O)N[C@](O)(C(F)(F)F)[C@@H]2C(=O)c2cccs2)cc1. The second kappa shape index (κ2) is 6.86. The van der Waals surface area contributed by atoms with Crippen molar-refractivity contribution in [2.75, 3.05) is 7.11 Å². The summed E-state index contributed by atoms with van der Waals surface area (Å²) in [5, 5.41) is 15.8. The van der Waals surface area contributed by atoms with E-state index in [4.69, 9.17) is 4.74 Å². The molecule has 0 unspecified atom stereocenters. The molecule has 0 bridgehead atoms. The van der Waals surface area contributed by atoms with Crippen LogP contribution in [0.1, 0.15) is 21.3 Å². The van der Waals surface area contributed by atoms with Crippen LogP contribution in [0.4, 0.5) is 18.0 Å². The smallest absolute Gasteiger partial charge is 0.437 e. The van der Waals surface area contributed by atoms with Gasteiger partial charge in [-0.2, -0.15) is 13.2 Å². The topological polar surface area (TPSA) is 87.7 Å². The fourth-order valence-electron chi connectivity index (χ4n) is 3.00. The fourth-order valence-corrected chi connectivity index (χ4v) is 3.70. The molecule has 27 heavy (non-hydrogen) atoms. The summed E-state index contributed by atoms with van der Waals surface area (Å²) in [6, 6.07) is 6.09. The molecule has 1 fully saturated rings. The minimum atomic E-state index is -5.27. The average Bonchev–Trinajstić information content (AvgIpc) is 3.14. The van der Waals surface area contributed by atoms with Crippen molar-refractivity contribution in [2.24, 2.45) is 5.92 Å². The first kappa shape index (κ1) is 19.2. The van der Waals surface area contributed by atoms with Gasteiger partial charge in [0.15, 0.2) is 5.78 Å². The maximum atomic E-state index is 13.7. The Morgan fingerprint density at radius 1 is 1.26 bits per heavy atom. The summed E-state index contributed by atoms with van der Waals surface area (Å²) in [6.07, 6.45) is -5.27. The number of carbonyl (C=O) groups is 2. The minimum absolute atomic E-state index is 0.0409. The number of thiophene rings is 1. The van der Waals surface area contributed by atoms with Crippen LogP contribution in [0.15, 0.2) is 41.8 Å². The van der Waals surface area contributed by atoms with E-state index in [1.807, 2.05) is 0 Å². The Balaban J connectivity index is 2.12. The fraction of sp³-hybridized carbons (Fsp3) is 0.294. The largest absolute Gasteiger partial charge is 0.497 e. The van der Waals surface area contributed by atoms with Crippen molar-refractivity contribution in [3.8, 4) is 5.75 Å². The molecule has 1 aromatic carbocycles. The van der Waals surface area contributed by atoms with Crippen LogP contribution in [-0.4, -0.2) is 35.9 Å². The number of halogens is 3. The minimum Gasteiger partial charge on any atom is -0.497 e. The van der Waals surface area contributed by atoms with Crippen LogP contribution in [0, 0.1) is 5.92 Å². The Hall–Kier alpha value is -2.59. The number of aliphatic hydroxyl groups is 1. The average molecular weight is 400 g/mol. The summed E-state index contributed by atoms with van der Waals surface area (Å²) in [5.41, 5.74) is -3.50.